The number of hydrogen-bond acceptors (Lipinski definition) is 4. The van der Waals surface area contributed by atoms with Gasteiger partial charge in [-0.2, -0.15) is 0 Å². The van der Waals surface area contributed by atoms with Gasteiger partial charge in [-0.05, 0) is 37.8 Å². The Bertz CT molecular complexity index is 520. The lowest BCUT2D eigenvalue weighted by Crippen LogP contribution is -2.29. The van der Waals surface area contributed by atoms with Crippen LogP contribution in [0.5, 0.6) is 0 Å². The molecule has 96 valence electrons. The molecule has 0 amide bonds. The molecule has 18 heavy (non-hydrogen) atoms. The highest BCUT2D eigenvalue weighted by atomic mass is 32.2. The molecule has 1 N–H and O–H groups in total. The summed E-state index contributed by atoms with van der Waals surface area (Å²) in [4.78, 5) is 0. The molecule has 1 aliphatic rings. The molecule has 3 rings (SSSR count). The van der Waals surface area contributed by atoms with Crippen molar-refractivity contribution in [3.8, 4) is 0 Å². The molecule has 0 saturated heterocycles. The Kier molecular flexibility index (Phi) is 3.52. The minimum atomic E-state index is 0.667. The van der Waals surface area contributed by atoms with Crippen molar-refractivity contribution in [2.24, 2.45) is 5.92 Å². The summed E-state index contributed by atoms with van der Waals surface area (Å²) in [5.41, 5.74) is 0.916. The van der Waals surface area contributed by atoms with Gasteiger partial charge in [0.15, 0.2) is 10.8 Å². The first-order chi connectivity index (χ1) is 8.84. The highest BCUT2D eigenvalue weighted by Crippen LogP contribution is 2.32. The van der Waals surface area contributed by atoms with Crippen LogP contribution in [0.15, 0.2) is 29.6 Å². The van der Waals surface area contributed by atoms with Crippen molar-refractivity contribution in [2.75, 3.05) is 12.3 Å². The van der Waals surface area contributed by atoms with Crippen molar-refractivity contribution in [2.45, 2.75) is 31.0 Å². The Hall–Kier alpha value is -1.07. The van der Waals surface area contributed by atoms with Gasteiger partial charge in [0.05, 0.1) is 0 Å². The number of pyridine rings is 1. The smallest absolute Gasteiger partial charge is 0.195 e. The lowest BCUT2D eigenvalue weighted by molar-refractivity contribution is 0.514. The summed E-state index contributed by atoms with van der Waals surface area (Å²) in [7, 11) is 0. The van der Waals surface area contributed by atoms with Gasteiger partial charge in [-0.1, -0.05) is 17.8 Å². The van der Waals surface area contributed by atoms with Gasteiger partial charge in [-0.3, -0.25) is 4.40 Å². The maximum Gasteiger partial charge on any atom is 0.195 e. The van der Waals surface area contributed by atoms with Gasteiger partial charge < -0.3 is 5.32 Å². The van der Waals surface area contributed by atoms with E-state index in [1.165, 1.54) is 12.8 Å². The average molecular weight is 262 g/mol. The standard InChI is InChI=1S/C13H18N4S/c1-10(11-5-6-11)14-7-9-18-13-16-15-12-4-2-3-8-17(12)13/h2-4,8,10-11,14H,5-7,9H2,1H3. The highest BCUT2D eigenvalue weighted by molar-refractivity contribution is 7.99. The molecule has 1 atom stereocenters. The van der Waals surface area contributed by atoms with Crippen molar-refractivity contribution < 1.29 is 0 Å². The van der Waals surface area contributed by atoms with Crippen molar-refractivity contribution >= 4 is 17.4 Å². The number of nitrogens with zero attached hydrogens (tertiary/aromatic N) is 3. The summed E-state index contributed by atoms with van der Waals surface area (Å²) >= 11 is 1.76. The van der Waals surface area contributed by atoms with Crippen molar-refractivity contribution in [1.82, 2.24) is 19.9 Å². The number of fused-ring (bicyclic) bond motifs is 1. The second-order valence-electron chi connectivity index (χ2n) is 4.84. The van der Waals surface area contributed by atoms with E-state index in [-0.39, 0.29) is 0 Å². The third kappa shape index (κ3) is 2.67. The molecule has 0 radical (unpaired) electrons. The third-order valence-corrected chi connectivity index (χ3v) is 4.36. The van der Waals surface area contributed by atoms with Gasteiger partial charge in [-0.15, -0.1) is 10.2 Å². The fourth-order valence-corrected chi connectivity index (χ4v) is 2.90. The van der Waals surface area contributed by atoms with Gasteiger partial charge in [0.25, 0.3) is 0 Å². The third-order valence-electron chi connectivity index (χ3n) is 3.41. The average Bonchev–Trinajstić information content (AvgIpc) is 3.17. The maximum absolute atomic E-state index is 4.21. The Balaban J connectivity index is 1.50. The van der Waals surface area contributed by atoms with Crippen LogP contribution < -0.4 is 5.32 Å². The molecule has 2 heterocycles. The summed E-state index contributed by atoms with van der Waals surface area (Å²) in [6.45, 7) is 3.32. The van der Waals surface area contributed by atoms with Gasteiger partial charge in [0, 0.05) is 24.5 Å². The van der Waals surface area contributed by atoms with E-state index >= 15 is 0 Å². The molecule has 2 aromatic heterocycles. The van der Waals surface area contributed by atoms with Crippen LogP contribution in [0.4, 0.5) is 0 Å². The summed E-state index contributed by atoms with van der Waals surface area (Å²) in [6, 6.07) is 6.64. The normalized spacial score (nSPS) is 17.2. The first-order valence-electron chi connectivity index (χ1n) is 6.50. The molecule has 2 aromatic rings. The van der Waals surface area contributed by atoms with E-state index in [9.17, 15) is 0 Å². The fourth-order valence-electron chi connectivity index (χ4n) is 2.11. The zero-order valence-corrected chi connectivity index (χ0v) is 11.4. The van der Waals surface area contributed by atoms with Crippen LogP contribution in [0.3, 0.4) is 0 Å². The molecule has 1 aliphatic carbocycles. The summed E-state index contributed by atoms with van der Waals surface area (Å²) in [6.07, 6.45) is 4.81. The number of rotatable bonds is 6. The van der Waals surface area contributed by atoms with E-state index < -0.39 is 0 Å². The second-order valence-corrected chi connectivity index (χ2v) is 5.90. The van der Waals surface area contributed by atoms with Gasteiger partial charge in [-0.25, -0.2) is 0 Å². The van der Waals surface area contributed by atoms with Crippen molar-refractivity contribution in [1.29, 1.82) is 0 Å². The van der Waals surface area contributed by atoms with Crippen molar-refractivity contribution in [3.05, 3.63) is 24.4 Å². The molecule has 0 bridgehead atoms. The lowest BCUT2D eigenvalue weighted by atomic mass is 10.2. The zero-order chi connectivity index (χ0) is 12.4. The fraction of sp³-hybridized carbons (Fsp3) is 0.538. The van der Waals surface area contributed by atoms with Crippen LogP contribution in [0, 0.1) is 5.92 Å². The van der Waals surface area contributed by atoms with Crippen LogP contribution in [0.1, 0.15) is 19.8 Å². The van der Waals surface area contributed by atoms with Gasteiger partial charge >= 0.3 is 0 Å². The lowest BCUT2D eigenvalue weighted by Gasteiger charge is -2.11. The van der Waals surface area contributed by atoms with Crippen LogP contribution in [0.2, 0.25) is 0 Å². The summed E-state index contributed by atoms with van der Waals surface area (Å²) < 4.78 is 2.04. The Morgan fingerprint density at radius 2 is 2.33 bits per heavy atom. The van der Waals surface area contributed by atoms with Crippen molar-refractivity contribution in [3.63, 3.8) is 0 Å². The minimum Gasteiger partial charge on any atom is -0.313 e. The molecule has 4 nitrogen and oxygen atoms in total. The molecule has 5 heteroatoms. The van der Waals surface area contributed by atoms with E-state index in [0.717, 1.165) is 29.0 Å². The summed E-state index contributed by atoms with van der Waals surface area (Å²) in [5.74, 6) is 1.95. The van der Waals surface area contributed by atoms with E-state index in [4.69, 9.17) is 0 Å². The Morgan fingerprint density at radius 1 is 1.44 bits per heavy atom. The van der Waals surface area contributed by atoms with E-state index in [1.54, 1.807) is 11.8 Å². The zero-order valence-electron chi connectivity index (χ0n) is 10.5. The quantitative estimate of drug-likeness (QED) is 0.640. The van der Waals surface area contributed by atoms with Crippen LogP contribution in [0.25, 0.3) is 5.65 Å². The van der Waals surface area contributed by atoms with Gasteiger partial charge in [0.2, 0.25) is 0 Å². The van der Waals surface area contributed by atoms with E-state index in [0.29, 0.717) is 6.04 Å². The number of aromatic nitrogens is 3. The van der Waals surface area contributed by atoms with Crippen LogP contribution >= 0.6 is 11.8 Å². The maximum atomic E-state index is 4.21. The monoisotopic (exact) mass is 262 g/mol. The molecule has 0 aromatic carbocycles. The van der Waals surface area contributed by atoms with E-state index in [1.807, 2.05) is 28.8 Å². The summed E-state index contributed by atoms with van der Waals surface area (Å²) in [5, 5.41) is 12.9. The molecule has 1 unspecified atom stereocenters. The highest BCUT2D eigenvalue weighted by Gasteiger charge is 2.27. The predicted octanol–water partition coefficient (Wildman–Crippen LogP) is 2.21. The molecular weight excluding hydrogens is 244 g/mol. The molecule has 0 spiro atoms. The topological polar surface area (TPSA) is 42.2 Å². The number of thioether (sulfide) groups is 1. The molecule has 1 saturated carbocycles. The Labute approximate surface area is 111 Å². The van der Waals surface area contributed by atoms with Crippen LogP contribution in [-0.4, -0.2) is 32.9 Å². The Morgan fingerprint density at radius 3 is 3.17 bits per heavy atom. The molecule has 1 fully saturated rings. The second kappa shape index (κ2) is 5.28. The van der Waals surface area contributed by atoms with Gasteiger partial charge in [0.1, 0.15) is 0 Å². The predicted molar refractivity (Wildman–Crippen MR) is 73.9 cm³/mol. The first-order valence-corrected chi connectivity index (χ1v) is 7.49. The minimum absolute atomic E-state index is 0.667. The van der Waals surface area contributed by atoms with Crippen LogP contribution in [-0.2, 0) is 0 Å². The number of nitrogens with one attached hydrogen (secondary N) is 1. The first kappa shape index (κ1) is 12.0. The molecular formula is C13H18N4S. The SMILES string of the molecule is CC(NCCSc1nnc2ccccn12)C1CC1. The molecule has 0 aliphatic heterocycles. The number of hydrogen-bond donors (Lipinski definition) is 1. The largest absolute Gasteiger partial charge is 0.313 e. The van der Waals surface area contributed by atoms with E-state index in [2.05, 4.69) is 22.4 Å².